The van der Waals surface area contributed by atoms with E-state index in [1.54, 1.807) is 0 Å². The van der Waals surface area contributed by atoms with Crippen molar-refractivity contribution in [2.24, 2.45) is 11.7 Å². The summed E-state index contributed by atoms with van der Waals surface area (Å²) < 4.78 is 0. The van der Waals surface area contributed by atoms with Crippen LogP contribution in [0.3, 0.4) is 0 Å². The van der Waals surface area contributed by atoms with Crippen molar-refractivity contribution in [1.29, 1.82) is 0 Å². The molecule has 1 aromatic rings. The number of nitrogens with two attached hydrogens (primary N) is 1. The number of benzene rings is 1. The molecule has 11 heteroatoms. The largest absolute Gasteiger partial charge is 0.508 e. The van der Waals surface area contributed by atoms with Gasteiger partial charge in [-0.05, 0) is 37.0 Å². The number of carbonyl (C=O) groups is 4. The highest BCUT2D eigenvalue weighted by Gasteiger charge is 2.28. The summed E-state index contributed by atoms with van der Waals surface area (Å²) >= 11 is 0. The first-order valence-electron chi connectivity index (χ1n) is 10.2. The van der Waals surface area contributed by atoms with Gasteiger partial charge in [-0.2, -0.15) is 0 Å². The van der Waals surface area contributed by atoms with Crippen LogP contribution in [0.2, 0.25) is 0 Å². The van der Waals surface area contributed by atoms with Gasteiger partial charge in [-0.15, -0.1) is 0 Å². The number of amides is 3. The van der Waals surface area contributed by atoms with E-state index in [2.05, 4.69) is 16.0 Å². The predicted octanol–water partition coefficient (Wildman–Crippen LogP) is -1.14. The van der Waals surface area contributed by atoms with Crippen molar-refractivity contribution in [1.82, 2.24) is 16.0 Å². The summed E-state index contributed by atoms with van der Waals surface area (Å²) in [5, 5.41) is 35.4. The van der Waals surface area contributed by atoms with E-state index in [4.69, 9.17) is 5.73 Å². The molecular weight excluding hydrogens is 420 g/mol. The number of aliphatic hydroxyl groups is 1. The number of carboxylic acids is 1. The molecule has 4 atom stereocenters. The highest BCUT2D eigenvalue weighted by Crippen LogP contribution is 2.11. The van der Waals surface area contributed by atoms with Crippen molar-refractivity contribution in [3.05, 3.63) is 29.8 Å². The quantitative estimate of drug-likeness (QED) is 0.207. The summed E-state index contributed by atoms with van der Waals surface area (Å²) in [4.78, 5) is 48.1. The number of phenols is 1. The second kappa shape index (κ2) is 12.6. The number of rotatable bonds is 12. The van der Waals surface area contributed by atoms with Gasteiger partial charge in [0.25, 0.3) is 0 Å². The molecule has 0 aliphatic rings. The van der Waals surface area contributed by atoms with Gasteiger partial charge in [-0.1, -0.05) is 26.0 Å². The lowest BCUT2D eigenvalue weighted by atomic mass is 10.0. The zero-order valence-electron chi connectivity index (χ0n) is 18.4. The molecule has 0 saturated carbocycles. The summed E-state index contributed by atoms with van der Waals surface area (Å²) in [7, 11) is 0. The SMILES string of the molecule is CC(C)CC(N)C(=O)NC(C(=O)NCC(=O)NC(Cc1ccc(O)cc1)C(=O)O)C(C)O. The molecule has 178 valence electrons. The maximum Gasteiger partial charge on any atom is 0.326 e. The van der Waals surface area contributed by atoms with Crippen LogP contribution < -0.4 is 21.7 Å². The van der Waals surface area contributed by atoms with Crippen LogP contribution in [-0.2, 0) is 25.6 Å². The number of aromatic hydroxyl groups is 1. The van der Waals surface area contributed by atoms with Crippen molar-refractivity contribution in [3.63, 3.8) is 0 Å². The summed E-state index contributed by atoms with van der Waals surface area (Å²) in [6.07, 6.45) is -0.899. The average Bonchev–Trinajstić information content (AvgIpc) is 2.70. The number of hydrogen-bond acceptors (Lipinski definition) is 7. The third-order valence-electron chi connectivity index (χ3n) is 4.56. The van der Waals surface area contributed by atoms with Gasteiger partial charge in [0.2, 0.25) is 17.7 Å². The van der Waals surface area contributed by atoms with Gasteiger partial charge in [0.1, 0.15) is 17.8 Å². The van der Waals surface area contributed by atoms with Crippen LogP contribution in [0.25, 0.3) is 0 Å². The van der Waals surface area contributed by atoms with Gasteiger partial charge in [-0.3, -0.25) is 14.4 Å². The fourth-order valence-corrected chi connectivity index (χ4v) is 2.87. The van der Waals surface area contributed by atoms with Crippen molar-refractivity contribution in [2.45, 2.75) is 57.8 Å². The summed E-state index contributed by atoms with van der Waals surface area (Å²) in [5.41, 5.74) is 6.36. The van der Waals surface area contributed by atoms with E-state index in [9.17, 15) is 34.5 Å². The third kappa shape index (κ3) is 9.31. The standard InChI is InChI=1S/C21H32N4O7/c1-11(2)8-15(22)19(29)25-18(12(3)26)20(30)23-10-17(28)24-16(21(31)32)9-13-4-6-14(27)7-5-13/h4-7,11-12,15-16,18,26-27H,8-10,22H2,1-3H3,(H,23,30)(H,24,28)(H,25,29)(H,31,32). The molecule has 0 heterocycles. The number of carbonyl (C=O) groups excluding carboxylic acids is 3. The molecule has 8 N–H and O–H groups in total. The zero-order valence-corrected chi connectivity index (χ0v) is 18.4. The van der Waals surface area contributed by atoms with E-state index < -0.39 is 54.5 Å². The first-order valence-corrected chi connectivity index (χ1v) is 10.2. The molecule has 0 aromatic heterocycles. The van der Waals surface area contributed by atoms with Crippen molar-refractivity contribution >= 4 is 23.7 Å². The predicted molar refractivity (Wildman–Crippen MR) is 115 cm³/mol. The Labute approximate surface area is 186 Å². The maximum absolute atomic E-state index is 12.4. The van der Waals surface area contributed by atoms with Crippen LogP contribution in [0.4, 0.5) is 0 Å². The van der Waals surface area contributed by atoms with E-state index in [1.165, 1.54) is 31.2 Å². The monoisotopic (exact) mass is 452 g/mol. The molecule has 1 aromatic carbocycles. The van der Waals surface area contributed by atoms with Crippen molar-refractivity contribution in [2.75, 3.05) is 6.54 Å². The van der Waals surface area contributed by atoms with E-state index in [1.807, 2.05) is 13.8 Å². The molecule has 0 spiro atoms. The molecule has 0 aliphatic carbocycles. The fourth-order valence-electron chi connectivity index (χ4n) is 2.87. The van der Waals surface area contributed by atoms with Crippen LogP contribution in [0, 0.1) is 5.92 Å². The molecule has 3 amide bonds. The van der Waals surface area contributed by atoms with Crippen LogP contribution in [-0.4, -0.2) is 69.8 Å². The van der Waals surface area contributed by atoms with E-state index in [0.717, 1.165) is 0 Å². The normalized spacial score (nSPS) is 14.7. The highest BCUT2D eigenvalue weighted by atomic mass is 16.4. The molecule has 0 radical (unpaired) electrons. The molecule has 0 aliphatic heterocycles. The van der Waals surface area contributed by atoms with Gasteiger partial charge in [0.05, 0.1) is 18.7 Å². The second-order valence-electron chi connectivity index (χ2n) is 8.01. The lowest BCUT2D eigenvalue weighted by molar-refractivity contribution is -0.141. The lowest BCUT2D eigenvalue weighted by Gasteiger charge is -2.23. The summed E-state index contributed by atoms with van der Waals surface area (Å²) in [6, 6.07) is 2.40. The van der Waals surface area contributed by atoms with E-state index >= 15 is 0 Å². The lowest BCUT2D eigenvalue weighted by Crippen LogP contribution is -2.57. The fraction of sp³-hybridized carbons (Fsp3) is 0.524. The minimum atomic E-state index is -1.33. The molecular formula is C21H32N4O7. The second-order valence-corrected chi connectivity index (χ2v) is 8.01. The smallest absolute Gasteiger partial charge is 0.326 e. The molecule has 0 bridgehead atoms. The number of aliphatic carboxylic acids is 1. The van der Waals surface area contributed by atoms with Crippen molar-refractivity contribution in [3.8, 4) is 5.75 Å². The molecule has 0 saturated heterocycles. The molecule has 32 heavy (non-hydrogen) atoms. The van der Waals surface area contributed by atoms with Crippen LogP contribution in [0.15, 0.2) is 24.3 Å². The van der Waals surface area contributed by atoms with Gasteiger partial charge in [-0.25, -0.2) is 4.79 Å². The Morgan fingerprint density at radius 3 is 2.09 bits per heavy atom. The summed E-state index contributed by atoms with van der Waals surface area (Å²) in [5.74, 6) is -3.28. The molecule has 0 fully saturated rings. The number of nitrogens with one attached hydrogen (secondary N) is 3. The summed E-state index contributed by atoms with van der Waals surface area (Å²) in [6.45, 7) is 4.51. The first-order chi connectivity index (χ1) is 14.9. The Morgan fingerprint density at radius 2 is 1.59 bits per heavy atom. The van der Waals surface area contributed by atoms with Gasteiger partial charge in [0, 0.05) is 6.42 Å². The molecule has 11 nitrogen and oxygen atoms in total. The van der Waals surface area contributed by atoms with Crippen molar-refractivity contribution < 1.29 is 34.5 Å². The topological polar surface area (TPSA) is 191 Å². The average molecular weight is 453 g/mol. The third-order valence-corrected chi connectivity index (χ3v) is 4.56. The van der Waals surface area contributed by atoms with E-state index in [0.29, 0.717) is 12.0 Å². The Morgan fingerprint density at radius 1 is 1.00 bits per heavy atom. The van der Waals surface area contributed by atoms with Crippen LogP contribution in [0.1, 0.15) is 32.8 Å². The Bertz CT molecular complexity index is 796. The minimum absolute atomic E-state index is 0.0253. The number of aliphatic hydroxyl groups excluding tert-OH is 1. The van der Waals surface area contributed by atoms with Crippen LogP contribution >= 0.6 is 0 Å². The first kappa shape index (κ1) is 26.9. The number of carboxylic acid groups (broad SMARTS) is 1. The van der Waals surface area contributed by atoms with E-state index in [-0.39, 0.29) is 18.1 Å². The molecule has 4 unspecified atom stereocenters. The maximum atomic E-state index is 12.4. The van der Waals surface area contributed by atoms with Gasteiger partial charge < -0.3 is 37.0 Å². The highest BCUT2D eigenvalue weighted by molar-refractivity contribution is 5.92. The Kier molecular flexibility index (Phi) is 10.6. The Hall–Kier alpha value is -3.18. The zero-order chi connectivity index (χ0) is 24.4. The molecule has 1 rings (SSSR count). The minimum Gasteiger partial charge on any atom is -0.508 e. The van der Waals surface area contributed by atoms with Crippen LogP contribution in [0.5, 0.6) is 5.75 Å². The van der Waals surface area contributed by atoms with Gasteiger partial charge >= 0.3 is 5.97 Å². The van der Waals surface area contributed by atoms with Gasteiger partial charge in [0.15, 0.2) is 0 Å². The Balaban J connectivity index is 2.64. The number of hydrogen-bond donors (Lipinski definition) is 7. The number of phenolic OH excluding ortho intramolecular Hbond substituents is 1.